The number of nitrogens with two attached hydrogens (primary N) is 1. The molecule has 0 saturated carbocycles. The van der Waals surface area contributed by atoms with Gasteiger partial charge in [-0.15, -0.1) is 0 Å². The van der Waals surface area contributed by atoms with Crippen LogP contribution >= 0.6 is 0 Å². The van der Waals surface area contributed by atoms with E-state index in [1.165, 1.54) is 12.1 Å². The zero-order valence-electron chi connectivity index (χ0n) is 10.9. The molecule has 3 N–H and O–H groups in total. The summed E-state index contributed by atoms with van der Waals surface area (Å²) in [5, 5.41) is 8.89. The van der Waals surface area contributed by atoms with E-state index in [-0.39, 0.29) is 5.56 Å². The van der Waals surface area contributed by atoms with Crippen LogP contribution in [0.15, 0.2) is 34.7 Å². The lowest BCUT2D eigenvalue weighted by Crippen LogP contribution is -2.17. The third-order valence-electron chi connectivity index (χ3n) is 2.87. The van der Waals surface area contributed by atoms with Crippen molar-refractivity contribution >= 4 is 17.3 Å². The second kappa shape index (κ2) is 5.06. The van der Waals surface area contributed by atoms with Gasteiger partial charge in [0.25, 0.3) is 0 Å². The molecule has 2 aromatic rings. The van der Waals surface area contributed by atoms with Crippen LogP contribution in [-0.2, 0) is 6.54 Å². The van der Waals surface area contributed by atoms with E-state index in [4.69, 9.17) is 15.3 Å². The number of hydrogen-bond acceptors (Lipinski definition) is 4. The van der Waals surface area contributed by atoms with Crippen LogP contribution < -0.4 is 10.6 Å². The number of benzene rings is 1. The van der Waals surface area contributed by atoms with Gasteiger partial charge in [0.15, 0.2) is 0 Å². The second-order valence-electron chi connectivity index (χ2n) is 4.45. The third kappa shape index (κ3) is 2.88. The number of anilines is 2. The predicted octanol–water partition coefficient (Wildman–Crippen LogP) is 2.50. The zero-order chi connectivity index (χ0) is 14.0. The molecular weight excluding hydrogens is 244 g/mol. The van der Waals surface area contributed by atoms with Gasteiger partial charge in [-0.2, -0.15) is 0 Å². The van der Waals surface area contributed by atoms with E-state index in [1.807, 2.05) is 31.0 Å². The lowest BCUT2D eigenvalue weighted by Gasteiger charge is -2.20. The molecule has 2 rings (SSSR count). The minimum atomic E-state index is -0.984. The minimum Gasteiger partial charge on any atom is -0.478 e. The van der Waals surface area contributed by atoms with Crippen molar-refractivity contribution in [2.75, 3.05) is 17.7 Å². The molecule has 0 amide bonds. The molecule has 0 bridgehead atoms. The van der Waals surface area contributed by atoms with E-state index in [0.29, 0.717) is 12.2 Å². The number of hydrogen-bond donors (Lipinski definition) is 2. The van der Waals surface area contributed by atoms with E-state index in [2.05, 4.69) is 0 Å². The fourth-order valence-corrected chi connectivity index (χ4v) is 1.92. The minimum absolute atomic E-state index is 0.184. The molecule has 0 aliphatic carbocycles. The molecule has 0 fully saturated rings. The average Bonchev–Trinajstić information content (AvgIpc) is 2.74. The molecule has 1 aromatic heterocycles. The molecule has 100 valence electrons. The van der Waals surface area contributed by atoms with Gasteiger partial charge in [0.05, 0.1) is 23.5 Å². The Hall–Kier alpha value is -2.43. The molecule has 1 aromatic carbocycles. The van der Waals surface area contributed by atoms with Crippen LogP contribution in [0, 0.1) is 6.92 Å². The van der Waals surface area contributed by atoms with E-state index in [1.54, 1.807) is 6.07 Å². The van der Waals surface area contributed by atoms with E-state index in [0.717, 1.165) is 17.2 Å². The molecular formula is C14H16N2O3. The van der Waals surface area contributed by atoms with Gasteiger partial charge in [-0.3, -0.25) is 0 Å². The normalized spacial score (nSPS) is 10.4. The third-order valence-corrected chi connectivity index (χ3v) is 2.87. The molecule has 0 spiro atoms. The number of carbonyl (C=O) groups is 1. The predicted molar refractivity (Wildman–Crippen MR) is 73.4 cm³/mol. The van der Waals surface area contributed by atoms with Crippen LogP contribution in [0.2, 0.25) is 0 Å². The van der Waals surface area contributed by atoms with Crippen molar-refractivity contribution in [1.82, 2.24) is 0 Å². The van der Waals surface area contributed by atoms with Crippen LogP contribution in [0.3, 0.4) is 0 Å². The number of nitrogens with zero attached hydrogens (tertiary/aromatic N) is 1. The first-order chi connectivity index (χ1) is 8.97. The quantitative estimate of drug-likeness (QED) is 0.826. The summed E-state index contributed by atoms with van der Waals surface area (Å²) in [6, 6.07) is 8.52. The van der Waals surface area contributed by atoms with Crippen molar-refractivity contribution in [3.63, 3.8) is 0 Å². The molecule has 0 unspecified atom stereocenters. The fourth-order valence-electron chi connectivity index (χ4n) is 1.92. The highest BCUT2D eigenvalue weighted by molar-refractivity contribution is 5.90. The van der Waals surface area contributed by atoms with Gasteiger partial charge in [0.1, 0.15) is 11.5 Å². The molecule has 0 aliphatic heterocycles. The summed E-state index contributed by atoms with van der Waals surface area (Å²) in [5.41, 5.74) is 7.28. The first-order valence-corrected chi connectivity index (χ1v) is 5.86. The number of rotatable bonds is 4. The van der Waals surface area contributed by atoms with Gasteiger partial charge in [-0.25, -0.2) is 4.79 Å². The van der Waals surface area contributed by atoms with Gasteiger partial charge >= 0.3 is 5.97 Å². The summed E-state index contributed by atoms with van der Waals surface area (Å²) in [7, 11) is 1.88. The van der Waals surface area contributed by atoms with Crippen molar-refractivity contribution in [2.45, 2.75) is 13.5 Å². The zero-order valence-corrected chi connectivity index (χ0v) is 10.9. The summed E-state index contributed by atoms with van der Waals surface area (Å²) in [5.74, 6) is 0.710. The van der Waals surface area contributed by atoms with E-state index in [9.17, 15) is 4.79 Å². The molecule has 0 aliphatic rings. The van der Waals surface area contributed by atoms with Crippen molar-refractivity contribution < 1.29 is 14.3 Å². The Kier molecular flexibility index (Phi) is 3.46. The largest absolute Gasteiger partial charge is 0.478 e. The van der Waals surface area contributed by atoms with Crippen molar-refractivity contribution in [2.24, 2.45) is 0 Å². The monoisotopic (exact) mass is 260 g/mol. The summed E-state index contributed by atoms with van der Waals surface area (Å²) >= 11 is 0. The number of carboxylic acid groups (broad SMARTS) is 1. The number of carboxylic acids is 1. The maximum Gasteiger partial charge on any atom is 0.335 e. The number of aryl methyl sites for hydroxylation is 1. The smallest absolute Gasteiger partial charge is 0.335 e. The first kappa shape index (κ1) is 13.0. The van der Waals surface area contributed by atoms with Crippen LogP contribution in [-0.4, -0.2) is 18.1 Å². The van der Waals surface area contributed by atoms with Gasteiger partial charge in [0, 0.05) is 7.05 Å². The van der Waals surface area contributed by atoms with Crippen LogP contribution in [0.25, 0.3) is 0 Å². The molecule has 19 heavy (non-hydrogen) atoms. The molecule has 0 radical (unpaired) electrons. The van der Waals surface area contributed by atoms with Gasteiger partial charge in [-0.1, -0.05) is 0 Å². The van der Waals surface area contributed by atoms with Gasteiger partial charge in [0.2, 0.25) is 0 Å². The topological polar surface area (TPSA) is 79.7 Å². The summed E-state index contributed by atoms with van der Waals surface area (Å²) in [4.78, 5) is 12.8. The van der Waals surface area contributed by atoms with Gasteiger partial charge in [-0.05, 0) is 37.3 Å². The number of furan rings is 1. The molecule has 5 nitrogen and oxygen atoms in total. The first-order valence-electron chi connectivity index (χ1n) is 5.86. The maximum atomic E-state index is 10.8. The molecule has 1 heterocycles. The second-order valence-corrected chi connectivity index (χ2v) is 4.45. The molecule has 0 atom stereocenters. The highest BCUT2D eigenvalue weighted by Crippen LogP contribution is 2.25. The Morgan fingerprint density at radius 3 is 2.63 bits per heavy atom. The Bertz CT molecular complexity index is 604. The number of nitrogen functional groups attached to an aromatic ring is 1. The van der Waals surface area contributed by atoms with Gasteiger partial charge < -0.3 is 20.2 Å². The standard InChI is InChI=1S/C14H16N2O3/c1-9-3-5-11(19-9)8-16(2)13-6-4-10(14(17)18)7-12(13)15/h3-7H,8,15H2,1-2H3,(H,17,18). The van der Waals surface area contributed by atoms with Crippen LogP contribution in [0.5, 0.6) is 0 Å². The Labute approximate surface area is 111 Å². The fraction of sp³-hybridized carbons (Fsp3) is 0.214. The lowest BCUT2D eigenvalue weighted by molar-refractivity contribution is 0.0697. The van der Waals surface area contributed by atoms with Crippen molar-refractivity contribution in [1.29, 1.82) is 0 Å². The van der Waals surface area contributed by atoms with E-state index < -0.39 is 5.97 Å². The maximum absolute atomic E-state index is 10.8. The average molecular weight is 260 g/mol. The molecule has 5 heteroatoms. The van der Waals surface area contributed by atoms with E-state index >= 15 is 0 Å². The summed E-state index contributed by atoms with van der Waals surface area (Å²) in [6.45, 7) is 2.46. The highest BCUT2D eigenvalue weighted by Gasteiger charge is 2.11. The van der Waals surface area contributed by atoms with Crippen molar-refractivity contribution in [3.05, 3.63) is 47.4 Å². The highest BCUT2D eigenvalue weighted by atomic mass is 16.4. The number of aromatic carboxylic acids is 1. The van der Waals surface area contributed by atoms with Crippen molar-refractivity contribution in [3.8, 4) is 0 Å². The Morgan fingerprint density at radius 1 is 1.37 bits per heavy atom. The summed E-state index contributed by atoms with van der Waals surface area (Å²) < 4.78 is 5.50. The Balaban J connectivity index is 2.19. The summed E-state index contributed by atoms with van der Waals surface area (Å²) in [6.07, 6.45) is 0. The molecule has 0 saturated heterocycles. The SMILES string of the molecule is Cc1ccc(CN(C)c2ccc(C(=O)O)cc2N)o1. The van der Waals surface area contributed by atoms with Crippen LogP contribution in [0.1, 0.15) is 21.9 Å². The van der Waals surface area contributed by atoms with Crippen LogP contribution in [0.4, 0.5) is 11.4 Å². The lowest BCUT2D eigenvalue weighted by atomic mass is 10.1. The Morgan fingerprint density at radius 2 is 2.11 bits per heavy atom.